The molecule has 0 radical (unpaired) electrons. The zero-order valence-electron chi connectivity index (χ0n) is 22.0. The largest absolute Gasteiger partial charge is 0.481 e. The van der Waals surface area contributed by atoms with Gasteiger partial charge in [-0.15, -0.1) is 0 Å². The average molecular weight is 535 g/mol. The van der Waals surface area contributed by atoms with Gasteiger partial charge in [-0.25, -0.2) is 4.79 Å². The fourth-order valence-corrected chi connectivity index (χ4v) is 5.06. The van der Waals surface area contributed by atoms with Gasteiger partial charge in [0, 0.05) is 31.1 Å². The highest BCUT2D eigenvalue weighted by Crippen LogP contribution is 2.44. The Morgan fingerprint density at radius 3 is 1.98 bits per heavy atom. The Balaban J connectivity index is 1.16. The van der Waals surface area contributed by atoms with Gasteiger partial charge in [0.2, 0.25) is 0 Å². The summed E-state index contributed by atoms with van der Waals surface area (Å²) in [6.45, 7) is 0.908. The van der Waals surface area contributed by atoms with E-state index in [1.807, 2.05) is 54.6 Å². The van der Waals surface area contributed by atoms with Gasteiger partial charge in [0.25, 0.3) is 5.91 Å². The number of carboxylic acid groups (broad SMARTS) is 1. The van der Waals surface area contributed by atoms with Crippen molar-refractivity contribution in [3.05, 3.63) is 131 Å². The number of carboxylic acids is 1. The molecule has 7 heteroatoms. The van der Waals surface area contributed by atoms with Crippen LogP contribution in [0.15, 0.2) is 103 Å². The number of benzene rings is 4. The van der Waals surface area contributed by atoms with Crippen LogP contribution in [0, 0.1) is 0 Å². The lowest BCUT2D eigenvalue weighted by Gasteiger charge is -2.22. The summed E-state index contributed by atoms with van der Waals surface area (Å²) in [4.78, 5) is 38.4. The van der Waals surface area contributed by atoms with E-state index in [-0.39, 0.29) is 37.9 Å². The molecule has 0 heterocycles. The maximum absolute atomic E-state index is 13.2. The minimum absolute atomic E-state index is 0.0107. The lowest BCUT2D eigenvalue weighted by Crippen LogP contribution is -2.32. The first-order valence-corrected chi connectivity index (χ1v) is 13.2. The Hall–Kier alpha value is -4.91. The minimum atomic E-state index is -0.958. The third kappa shape index (κ3) is 6.21. The molecule has 0 saturated carbocycles. The standard InChI is InChI=1S/C33H30N2O5/c36-31(37)18-19-35(21-24-8-2-1-3-9-24)32(38)25-16-14-23(15-17-25)20-34-33(39)40-22-30-28-12-6-4-10-26(28)27-11-5-7-13-29(27)30/h1-17,30H,18-22H2,(H,34,39)(H,36,37). The van der Waals surface area contributed by atoms with Crippen LogP contribution in [0.25, 0.3) is 11.1 Å². The Morgan fingerprint density at radius 1 is 0.750 bits per heavy atom. The molecule has 40 heavy (non-hydrogen) atoms. The maximum Gasteiger partial charge on any atom is 0.407 e. The summed E-state index contributed by atoms with van der Waals surface area (Å²) in [7, 11) is 0. The predicted octanol–water partition coefficient (Wildman–Crippen LogP) is 5.84. The van der Waals surface area contributed by atoms with E-state index in [1.54, 1.807) is 24.3 Å². The van der Waals surface area contributed by atoms with Crippen molar-refractivity contribution in [2.45, 2.75) is 25.4 Å². The van der Waals surface area contributed by atoms with Crippen LogP contribution in [0.3, 0.4) is 0 Å². The Kier molecular flexibility index (Phi) is 8.21. The smallest absolute Gasteiger partial charge is 0.407 e. The molecule has 1 aliphatic carbocycles. The minimum Gasteiger partial charge on any atom is -0.481 e. The molecular formula is C33H30N2O5. The van der Waals surface area contributed by atoms with Crippen LogP contribution in [0.4, 0.5) is 4.79 Å². The van der Waals surface area contributed by atoms with Crippen LogP contribution in [-0.4, -0.2) is 41.1 Å². The van der Waals surface area contributed by atoms with Crippen LogP contribution >= 0.6 is 0 Å². The van der Waals surface area contributed by atoms with Gasteiger partial charge in [-0.3, -0.25) is 9.59 Å². The van der Waals surface area contributed by atoms with Crippen LogP contribution in [0.1, 0.15) is 45.0 Å². The number of alkyl carbamates (subject to hydrolysis) is 1. The maximum atomic E-state index is 13.2. The number of aliphatic carboxylic acids is 1. The summed E-state index contributed by atoms with van der Waals surface area (Å²) in [6.07, 6.45) is -0.648. The Morgan fingerprint density at radius 2 is 1.35 bits per heavy atom. The number of hydrogen-bond donors (Lipinski definition) is 2. The van der Waals surface area contributed by atoms with E-state index in [1.165, 1.54) is 16.0 Å². The van der Waals surface area contributed by atoms with E-state index in [0.717, 1.165) is 22.3 Å². The van der Waals surface area contributed by atoms with Crippen molar-refractivity contribution in [1.82, 2.24) is 10.2 Å². The number of hydrogen-bond acceptors (Lipinski definition) is 4. The summed E-state index contributed by atoms with van der Waals surface area (Å²) in [5.74, 6) is -1.22. The molecular weight excluding hydrogens is 504 g/mol. The Bertz CT molecular complexity index is 1460. The van der Waals surface area contributed by atoms with Gasteiger partial charge >= 0.3 is 12.1 Å². The third-order valence-electron chi connectivity index (χ3n) is 7.08. The average Bonchev–Trinajstić information content (AvgIpc) is 3.31. The zero-order valence-corrected chi connectivity index (χ0v) is 22.0. The van der Waals surface area contributed by atoms with Crippen molar-refractivity contribution in [2.75, 3.05) is 13.2 Å². The first-order valence-electron chi connectivity index (χ1n) is 13.2. The molecule has 7 nitrogen and oxygen atoms in total. The molecule has 0 bridgehead atoms. The molecule has 0 atom stereocenters. The first-order chi connectivity index (χ1) is 19.5. The van der Waals surface area contributed by atoms with Crippen LogP contribution in [0.2, 0.25) is 0 Å². The van der Waals surface area contributed by atoms with Crippen molar-refractivity contribution < 1.29 is 24.2 Å². The number of nitrogens with one attached hydrogen (secondary N) is 1. The second-order valence-corrected chi connectivity index (χ2v) is 9.73. The van der Waals surface area contributed by atoms with E-state index >= 15 is 0 Å². The fraction of sp³-hybridized carbons (Fsp3) is 0.182. The number of carbonyl (C=O) groups excluding carboxylic acids is 2. The highest BCUT2D eigenvalue weighted by molar-refractivity contribution is 5.94. The second kappa shape index (κ2) is 12.3. The number of ether oxygens (including phenoxy) is 1. The first kappa shape index (κ1) is 26.7. The van der Waals surface area contributed by atoms with Gasteiger partial charge in [-0.05, 0) is 45.5 Å². The van der Waals surface area contributed by atoms with Crippen molar-refractivity contribution in [1.29, 1.82) is 0 Å². The summed E-state index contributed by atoms with van der Waals surface area (Å²) in [6, 6.07) is 32.8. The van der Waals surface area contributed by atoms with Crippen molar-refractivity contribution in [3.8, 4) is 11.1 Å². The zero-order chi connectivity index (χ0) is 27.9. The summed E-state index contributed by atoms with van der Waals surface area (Å²) in [5.41, 5.74) is 6.84. The van der Waals surface area contributed by atoms with Gasteiger partial charge in [-0.1, -0.05) is 91.0 Å². The third-order valence-corrected chi connectivity index (χ3v) is 7.08. The van der Waals surface area contributed by atoms with Crippen LogP contribution < -0.4 is 5.32 Å². The normalized spacial score (nSPS) is 11.8. The molecule has 2 N–H and O–H groups in total. The molecule has 5 rings (SSSR count). The lowest BCUT2D eigenvalue weighted by atomic mass is 9.98. The highest BCUT2D eigenvalue weighted by Gasteiger charge is 2.29. The van der Waals surface area contributed by atoms with Gasteiger partial charge in [0.15, 0.2) is 0 Å². The highest BCUT2D eigenvalue weighted by atomic mass is 16.5. The summed E-state index contributed by atoms with van der Waals surface area (Å²) in [5, 5.41) is 11.9. The molecule has 0 spiro atoms. The van der Waals surface area contributed by atoms with Crippen molar-refractivity contribution in [2.24, 2.45) is 0 Å². The second-order valence-electron chi connectivity index (χ2n) is 9.73. The molecule has 4 aromatic rings. The van der Waals surface area contributed by atoms with Gasteiger partial charge in [0.1, 0.15) is 6.61 Å². The lowest BCUT2D eigenvalue weighted by molar-refractivity contribution is -0.137. The van der Waals surface area contributed by atoms with Crippen LogP contribution in [-0.2, 0) is 22.6 Å². The Labute approximate surface area is 233 Å². The van der Waals surface area contributed by atoms with Crippen LogP contribution in [0.5, 0.6) is 0 Å². The molecule has 1 aliphatic rings. The number of amides is 2. The molecule has 4 aromatic carbocycles. The van der Waals surface area contributed by atoms with Crippen molar-refractivity contribution >= 4 is 18.0 Å². The summed E-state index contributed by atoms with van der Waals surface area (Å²) >= 11 is 0. The predicted molar refractivity (Wildman–Crippen MR) is 152 cm³/mol. The quantitative estimate of drug-likeness (QED) is 0.266. The number of rotatable bonds is 10. The molecule has 0 aliphatic heterocycles. The number of carbonyl (C=O) groups is 3. The molecule has 0 aromatic heterocycles. The number of fused-ring (bicyclic) bond motifs is 3. The van der Waals surface area contributed by atoms with Gasteiger partial charge in [-0.2, -0.15) is 0 Å². The van der Waals surface area contributed by atoms with Gasteiger partial charge < -0.3 is 20.1 Å². The van der Waals surface area contributed by atoms with E-state index < -0.39 is 12.1 Å². The molecule has 0 unspecified atom stereocenters. The van der Waals surface area contributed by atoms with Crippen molar-refractivity contribution in [3.63, 3.8) is 0 Å². The van der Waals surface area contributed by atoms with E-state index in [0.29, 0.717) is 12.1 Å². The fourth-order valence-electron chi connectivity index (χ4n) is 5.06. The molecule has 202 valence electrons. The molecule has 2 amide bonds. The summed E-state index contributed by atoms with van der Waals surface area (Å²) < 4.78 is 5.60. The van der Waals surface area contributed by atoms with E-state index in [9.17, 15) is 14.4 Å². The topological polar surface area (TPSA) is 95.9 Å². The molecule has 0 fully saturated rings. The van der Waals surface area contributed by atoms with E-state index in [2.05, 4.69) is 29.6 Å². The molecule has 0 saturated heterocycles. The number of nitrogens with zero attached hydrogens (tertiary/aromatic N) is 1. The van der Waals surface area contributed by atoms with E-state index in [4.69, 9.17) is 9.84 Å². The monoisotopic (exact) mass is 534 g/mol. The van der Waals surface area contributed by atoms with Gasteiger partial charge in [0.05, 0.1) is 6.42 Å². The SMILES string of the molecule is O=C(O)CCN(Cc1ccccc1)C(=O)c1ccc(CNC(=O)OCC2c3ccccc3-c3ccccc32)cc1.